The zero-order chi connectivity index (χ0) is 20.1. The van der Waals surface area contributed by atoms with E-state index in [9.17, 15) is 9.59 Å². The number of hydrogen-bond donors (Lipinski definition) is 3. The maximum atomic E-state index is 10.9. The summed E-state index contributed by atoms with van der Waals surface area (Å²) in [6.45, 7) is 4.63. The molecule has 0 aromatic carbocycles. The number of aliphatic hydroxyl groups is 1. The van der Waals surface area contributed by atoms with Crippen molar-refractivity contribution in [3.8, 4) is 5.75 Å². The smallest absolute Gasteiger partial charge is 0.407 e. The summed E-state index contributed by atoms with van der Waals surface area (Å²) >= 11 is 3.36. The van der Waals surface area contributed by atoms with Crippen LogP contribution in [0.3, 0.4) is 0 Å². The van der Waals surface area contributed by atoms with E-state index >= 15 is 0 Å². The van der Waals surface area contributed by atoms with Crippen molar-refractivity contribution in [1.82, 2.24) is 14.8 Å². The third kappa shape index (κ3) is 5.23. The van der Waals surface area contributed by atoms with Gasteiger partial charge in [-0.3, -0.25) is 4.98 Å². The van der Waals surface area contributed by atoms with Gasteiger partial charge in [-0.15, -0.1) is 0 Å². The molecule has 2 unspecified atom stereocenters. The Morgan fingerprint density at radius 2 is 1.74 bits per heavy atom. The minimum atomic E-state index is -0.933. The molecule has 1 aromatic rings. The summed E-state index contributed by atoms with van der Waals surface area (Å²) in [7, 11) is 0. The van der Waals surface area contributed by atoms with Gasteiger partial charge in [0.05, 0.1) is 28.9 Å². The lowest BCUT2D eigenvalue weighted by atomic mass is 9.99. The number of aromatic nitrogens is 1. The number of carboxylic acid groups (broad SMARTS) is 2. The van der Waals surface area contributed by atoms with Crippen molar-refractivity contribution in [2.75, 3.05) is 13.1 Å². The fourth-order valence-corrected chi connectivity index (χ4v) is 3.32. The van der Waals surface area contributed by atoms with Crippen LogP contribution in [-0.4, -0.2) is 79.7 Å². The van der Waals surface area contributed by atoms with E-state index in [1.807, 2.05) is 6.92 Å². The van der Waals surface area contributed by atoms with Gasteiger partial charge in [0.2, 0.25) is 0 Å². The molecule has 3 N–H and O–H groups in total. The largest absolute Gasteiger partial charge is 0.486 e. The molecule has 2 saturated heterocycles. The van der Waals surface area contributed by atoms with Crippen LogP contribution in [0.15, 0.2) is 22.9 Å². The number of aliphatic hydroxyl groups excluding tert-OH is 1. The van der Waals surface area contributed by atoms with Gasteiger partial charge in [-0.1, -0.05) is 0 Å². The topological polar surface area (TPSA) is 123 Å². The molecular weight excluding hydrogens is 422 g/mol. The quantitative estimate of drug-likeness (QED) is 0.649. The second-order valence-electron chi connectivity index (χ2n) is 6.53. The standard InChI is InChI=1S/C11H13BrN2O3.C6H11NO3/c1-7(9-3-5-14(9)11(15)16)17-10-6-13-4-2-8(10)12;1-4(8)5-2-3-7(5)6(9)10/h2,4,6-7,9H,3,5H2,1H3,(H,15,16);4-5,8H,2-3H2,1H3,(H,9,10)/t7-,9?;4-,5?/m10/s1. The van der Waals surface area contributed by atoms with Crippen molar-refractivity contribution >= 4 is 28.1 Å². The Balaban J connectivity index is 0.000000223. The summed E-state index contributed by atoms with van der Waals surface area (Å²) in [4.78, 5) is 27.8. The summed E-state index contributed by atoms with van der Waals surface area (Å²) in [5.41, 5.74) is 0. The SMILES string of the molecule is C[C@@H](Oc1cnccc1Br)C1CCN1C(=O)O.C[C@H](O)C1CCN1C(=O)O. The number of pyridine rings is 1. The number of ether oxygens (including phenoxy) is 1. The molecule has 2 aliphatic rings. The number of rotatable bonds is 4. The van der Waals surface area contributed by atoms with Gasteiger partial charge in [-0.25, -0.2) is 9.59 Å². The third-order valence-electron chi connectivity index (χ3n) is 4.77. The average Bonchev–Trinajstić information content (AvgIpc) is 2.46. The summed E-state index contributed by atoms with van der Waals surface area (Å²) in [5, 5.41) is 26.4. The molecule has 4 atom stereocenters. The van der Waals surface area contributed by atoms with E-state index in [1.165, 1.54) is 9.80 Å². The maximum Gasteiger partial charge on any atom is 0.407 e. The van der Waals surface area contributed by atoms with Gasteiger partial charge in [-0.2, -0.15) is 0 Å². The molecule has 0 bridgehead atoms. The first-order valence-corrected chi connectivity index (χ1v) is 9.45. The van der Waals surface area contributed by atoms with Crippen LogP contribution in [0.1, 0.15) is 26.7 Å². The van der Waals surface area contributed by atoms with E-state index in [1.54, 1.807) is 25.4 Å². The van der Waals surface area contributed by atoms with E-state index in [0.717, 1.165) is 17.3 Å². The van der Waals surface area contributed by atoms with Crippen LogP contribution in [0.25, 0.3) is 0 Å². The lowest BCUT2D eigenvalue weighted by molar-refractivity contribution is 0.00421. The molecule has 0 saturated carbocycles. The van der Waals surface area contributed by atoms with Gasteiger partial charge < -0.3 is 29.9 Å². The molecule has 2 amide bonds. The highest BCUT2D eigenvalue weighted by Crippen LogP contribution is 2.28. The molecule has 0 aliphatic carbocycles. The summed E-state index contributed by atoms with van der Waals surface area (Å²) in [6, 6.07) is 1.55. The highest BCUT2D eigenvalue weighted by molar-refractivity contribution is 9.10. The second kappa shape index (κ2) is 9.23. The number of nitrogens with zero attached hydrogens (tertiary/aromatic N) is 3. The Morgan fingerprint density at radius 3 is 2.11 bits per heavy atom. The number of amides is 2. The molecule has 9 nitrogen and oxygen atoms in total. The van der Waals surface area contributed by atoms with E-state index in [4.69, 9.17) is 20.1 Å². The van der Waals surface area contributed by atoms with Gasteiger partial charge in [0.1, 0.15) is 6.10 Å². The molecule has 10 heteroatoms. The summed E-state index contributed by atoms with van der Waals surface area (Å²) in [6.07, 6.45) is 2.36. The van der Waals surface area contributed by atoms with E-state index < -0.39 is 18.3 Å². The zero-order valence-corrected chi connectivity index (χ0v) is 16.7. The highest BCUT2D eigenvalue weighted by atomic mass is 79.9. The first kappa shape index (κ1) is 21.2. The molecule has 0 radical (unpaired) electrons. The monoisotopic (exact) mass is 445 g/mol. The van der Waals surface area contributed by atoms with Crippen LogP contribution in [0.2, 0.25) is 0 Å². The Morgan fingerprint density at radius 1 is 1.19 bits per heavy atom. The van der Waals surface area contributed by atoms with Crippen LogP contribution >= 0.6 is 15.9 Å². The van der Waals surface area contributed by atoms with Crippen molar-refractivity contribution in [2.24, 2.45) is 0 Å². The minimum Gasteiger partial charge on any atom is -0.486 e. The van der Waals surface area contributed by atoms with Crippen molar-refractivity contribution in [3.63, 3.8) is 0 Å². The first-order chi connectivity index (χ1) is 12.7. The lowest BCUT2D eigenvalue weighted by Gasteiger charge is -2.41. The van der Waals surface area contributed by atoms with Gasteiger partial charge in [-0.05, 0) is 48.7 Å². The van der Waals surface area contributed by atoms with Gasteiger partial charge in [0, 0.05) is 19.3 Å². The Kier molecular flexibility index (Phi) is 7.25. The van der Waals surface area contributed by atoms with E-state index in [-0.39, 0.29) is 18.2 Å². The van der Waals surface area contributed by atoms with Crippen LogP contribution < -0.4 is 4.74 Å². The Bertz CT molecular complexity index is 674. The zero-order valence-electron chi connectivity index (χ0n) is 15.2. The van der Waals surface area contributed by atoms with Crippen LogP contribution in [0.5, 0.6) is 5.75 Å². The second-order valence-corrected chi connectivity index (χ2v) is 7.39. The molecule has 2 fully saturated rings. The predicted octanol–water partition coefficient (Wildman–Crippen LogP) is 2.48. The van der Waals surface area contributed by atoms with E-state index in [2.05, 4.69) is 20.9 Å². The number of hydrogen-bond acceptors (Lipinski definition) is 5. The lowest BCUT2D eigenvalue weighted by Crippen LogP contribution is -2.56. The van der Waals surface area contributed by atoms with Crippen molar-refractivity contribution in [3.05, 3.63) is 22.9 Å². The van der Waals surface area contributed by atoms with Crippen LogP contribution in [0.4, 0.5) is 9.59 Å². The molecule has 0 spiro atoms. The van der Waals surface area contributed by atoms with Crippen molar-refractivity contribution in [2.45, 2.75) is 51.0 Å². The summed E-state index contributed by atoms with van der Waals surface area (Å²) in [5.74, 6) is 0.636. The molecule has 150 valence electrons. The normalized spacial score (nSPS) is 23.1. The number of carbonyl (C=O) groups is 2. The number of halogens is 1. The Labute approximate surface area is 165 Å². The fraction of sp³-hybridized carbons (Fsp3) is 0.588. The molecule has 3 heterocycles. The molecule has 1 aromatic heterocycles. The van der Waals surface area contributed by atoms with Crippen molar-refractivity contribution in [1.29, 1.82) is 0 Å². The molecule has 2 aliphatic heterocycles. The molecular formula is C17H24BrN3O6. The van der Waals surface area contributed by atoms with Gasteiger partial charge >= 0.3 is 12.2 Å². The minimum absolute atomic E-state index is 0.0698. The highest BCUT2D eigenvalue weighted by Gasteiger charge is 2.37. The predicted molar refractivity (Wildman–Crippen MR) is 100.0 cm³/mol. The molecule has 3 rings (SSSR count). The first-order valence-electron chi connectivity index (χ1n) is 8.65. The van der Waals surface area contributed by atoms with Crippen LogP contribution in [0, 0.1) is 0 Å². The third-order valence-corrected chi connectivity index (χ3v) is 5.42. The maximum absolute atomic E-state index is 10.9. The summed E-state index contributed by atoms with van der Waals surface area (Å²) < 4.78 is 6.54. The van der Waals surface area contributed by atoms with E-state index in [0.29, 0.717) is 18.8 Å². The van der Waals surface area contributed by atoms with Crippen molar-refractivity contribution < 1.29 is 29.6 Å². The number of likely N-dealkylation sites (tertiary alicyclic amines) is 2. The van der Waals surface area contributed by atoms with Crippen LogP contribution in [-0.2, 0) is 0 Å². The Hall–Kier alpha value is -2.07. The van der Waals surface area contributed by atoms with Gasteiger partial charge in [0.15, 0.2) is 5.75 Å². The molecule has 27 heavy (non-hydrogen) atoms. The van der Waals surface area contributed by atoms with Gasteiger partial charge in [0.25, 0.3) is 0 Å². The fourth-order valence-electron chi connectivity index (χ4n) is 3.01. The average molecular weight is 446 g/mol.